The van der Waals surface area contributed by atoms with Gasteiger partial charge in [-0.1, -0.05) is 17.7 Å². The third-order valence-electron chi connectivity index (χ3n) is 3.06. The monoisotopic (exact) mass is 315 g/mol. The van der Waals surface area contributed by atoms with Gasteiger partial charge < -0.3 is 5.11 Å². The van der Waals surface area contributed by atoms with Crippen LogP contribution < -0.4 is 0 Å². The van der Waals surface area contributed by atoms with Crippen LogP contribution in [0.4, 0.5) is 0 Å². The fraction of sp³-hybridized carbons (Fsp3) is 0.308. The van der Waals surface area contributed by atoms with E-state index >= 15 is 0 Å². The molecule has 1 heterocycles. The van der Waals surface area contributed by atoms with E-state index in [1.54, 1.807) is 0 Å². The lowest BCUT2D eigenvalue weighted by molar-refractivity contribution is -0.131. The standard InChI is InChI=1S/C13H14ClNO4S/c14-11-9-10(4-6-13(16)17)3-5-12(11)20(18,19)15-7-1-2-8-15/h3-6,9H,1-2,7-8H2,(H,16,17). The molecule has 0 amide bonds. The Bertz CT molecular complexity index is 648. The fourth-order valence-electron chi connectivity index (χ4n) is 2.07. The third kappa shape index (κ3) is 3.20. The summed E-state index contributed by atoms with van der Waals surface area (Å²) in [6.45, 7) is 1.03. The minimum Gasteiger partial charge on any atom is -0.478 e. The smallest absolute Gasteiger partial charge is 0.328 e. The van der Waals surface area contributed by atoms with Crippen molar-refractivity contribution < 1.29 is 18.3 Å². The summed E-state index contributed by atoms with van der Waals surface area (Å²) in [6.07, 6.45) is 4.05. The number of rotatable bonds is 4. The summed E-state index contributed by atoms with van der Waals surface area (Å²) in [4.78, 5) is 10.5. The SMILES string of the molecule is O=C(O)C=Cc1ccc(S(=O)(=O)N2CCCC2)c(Cl)c1. The predicted molar refractivity (Wildman–Crippen MR) is 76.1 cm³/mol. The van der Waals surface area contributed by atoms with Crippen molar-refractivity contribution in [2.45, 2.75) is 17.7 Å². The maximum atomic E-state index is 12.4. The Labute approximate surface area is 122 Å². The highest BCUT2D eigenvalue weighted by molar-refractivity contribution is 7.89. The summed E-state index contributed by atoms with van der Waals surface area (Å²) < 4.78 is 26.1. The average molecular weight is 316 g/mol. The minimum atomic E-state index is -3.56. The molecule has 0 saturated carbocycles. The van der Waals surface area contributed by atoms with Crippen LogP contribution in [0.5, 0.6) is 0 Å². The molecule has 1 aromatic rings. The lowest BCUT2D eigenvalue weighted by atomic mass is 10.2. The highest BCUT2D eigenvalue weighted by atomic mass is 35.5. The Morgan fingerprint density at radius 1 is 1.30 bits per heavy atom. The number of sulfonamides is 1. The Kier molecular flexibility index (Phi) is 4.47. The van der Waals surface area contributed by atoms with Crippen LogP contribution in [0.2, 0.25) is 5.02 Å². The van der Waals surface area contributed by atoms with E-state index in [4.69, 9.17) is 16.7 Å². The first kappa shape index (κ1) is 15.0. The normalized spacial score (nSPS) is 16.9. The summed E-state index contributed by atoms with van der Waals surface area (Å²) in [5.74, 6) is -1.07. The van der Waals surface area contributed by atoms with Crippen molar-refractivity contribution in [1.82, 2.24) is 4.31 Å². The van der Waals surface area contributed by atoms with Crippen LogP contribution in [0.1, 0.15) is 18.4 Å². The van der Waals surface area contributed by atoms with Gasteiger partial charge in [-0.25, -0.2) is 13.2 Å². The summed E-state index contributed by atoms with van der Waals surface area (Å²) in [7, 11) is -3.56. The van der Waals surface area contributed by atoms with E-state index in [2.05, 4.69) is 0 Å². The maximum Gasteiger partial charge on any atom is 0.328 e. The Morgan fingerprint density at radius 2 is 1.95 bits per heavy atom. The van der Waals surface area contributed by atoms with Gasteiger partial charge in [-0.2, -0.15) is 4.31 Å². The molecular weight excluding hydrogens is 302 g/mol. The summed E-state index contributed by atoms with van der Waals surface area (Å²) in [5.41, 5.74) is 0.540. The molecule has 1 aliphatic rings. The number of carbonyl (C=O) groups is 1. The van der Waals surface area contributed by atoms with Gasteiger partial charge in [0.2, 0.25) is 10.0 Å². The molecule has 0 spiro atoms. The zero-order valence-corrected chi connectivity index (χ0v) is 12.2. The molecule has 1 fully saturated rings. The molecule has 0 aliphatic carbocycles. The first-order valence-corrected chi connectivity index (χ1v) is 7.94. The number of aliphatic carboxylic acids is 1. The maximum absolute atomic E-state index is 12.4. The van der Waals surface area contributed by atoms with Crippen molar-refractivity contribution in [2.24, 2.45) is 0 Å². The molecule has 2 rings (SSSR count). The van der Waals surface area contributed by atoms with Gasteiger partial charge in [0.1, 0.15) is 4.90 Å². The van der Waals surface area contributed by atoms with Crippen LogP contribution in [0.25, 0.3) is 6.08 Å². The zero-order valence-electron chi connectivity index (χ0n) is 10.6. The molecule has 1 N–H and O–H groups in total. The second-order valence-corrected chi connectivity index (χ2v) is 6.79. The van der Waals surface area contributed by atoms with Crippen molar-refractivity contribution in [1.29, 1.82) is 0 Å². The van der Waals surface area contributed by atoms with Crippen LogP contribution in [-0.2, 0) is 14.8 Å². The van der Waals surface area contributed by atoms with E-state index in [1.165, 1.54) is 28.6 Å². The number of halogens is 1. The zero-order chi connectivity index (χ0) is 14.8. The average Bonchev–Trinajstić information content (AvgIpc) is 2.90. The van der Waals surface area contributed by atoms with Crippen LogP contribution in [0.15, 0.2) is 29.2 Å². The van der Waals surface area contributed by atoms with E-state index in [-0.39, 0.29) is 9.92 Å². The van der Waals surface area contributed by atoms with Crippen molar-refractivity contribution in [3.8, 4) is 0 Å². The topological polar surface area (TPSA) is 74.7 Å². The van der Waals surface area contributed by atoms with Crippen molar-refractivity contribution >= 4 is 33.7 Å². The van der Waals surface area contributed by atoms with E-state index in [1.807, 2.05) is 0 Å². The molecule has 1 saturated heterocycles. The Morgan fingerprint density at radius 3 is 2.50 bits per heavy atom. The molecule has 0 unspecified atom stereocenters. The van der Waals surface area contributed by atoms with Gasteiger partial charge in [-0.15, -0.1) is 0 Å². The van der Waals surface area contributed by atoms with E-state index in [0.717, 1.165) is 18.9 Å². The lowest BCUT2D eigenvalue weighted by Crippen LogP contribution is -2.28. The first-order chi connectivity index (χ1) is 9.41. The summed E-state index contributed by atoms with van der Waals surface area (Å²) in [5, 5.41) is 8.65. The number of nitrogens with zero attached hydrogens (tertiary/aromatic N) is 1. The fourth-order valence-corrected chi connectivity index (χ4v) is 4.11. The van der Waals surface area contributed by atoms with E-state index in [0.29, 0.717) is 18.7 Å². The number of carboxylic acid groups (broad SMARTS) is 1. The lowest BCUT2D eigenvalue weighted by Gasteiger charge is -2.16. The number of hydrogen-bond acceptors (Lipinski definition) is 3. The molecule has 5 nitrogen and oxygen atoms in total. The molecule has 108 valence electrons. The largest absolute Gasteiger partial charge is 0.478 e. The predicted octanol–water partition coefficient (Wildman–Crippen LogP) is 2.22. The van der Waals surface area contributed by atoms with Crippen molar-refractivity contribution in [3.63, 3.8) is 0 Å². The highest BCUT2D eigenvalue weighted by Gasteiger charge is 2.28. The van der Waals surface area contributed by atoms with Crippen molar-refractivity contribution in [2.75, 3.05) is 13.1 Å². The van der Waals surface area contributed by atoms with Crippen LogP contribution >= 0.6 is 11.6 Å². The number of benzene rings is 1. The molecule has 0 atom stereocenters. The quantitative estimate of drug-likeness (QED) is 0.865. The van der Waals surface area contributed by atoms with Gasteiger partial charge in [0.25, 0.3) is 0 Å². The summed E-state index contributed by atoms with van der Waals surface area (Å²) in [6, 6.07) is 4.40. The molecule has 7 heteroatoms. The van der Waals surface area contributed by atoms with Gasteiger partial charge in [0, 0.05) is 19.2 Å². The Hall–Kier alpha value is -1.37. The van der Waals surface area contributed by atoms with Crippen molar-refractivity contribution in [3.05, 3.63) is 34.9 Å². The van der Waals surface area contributed by atoms with E-state index < -0.39 is 16.0 Å². The third-order valence-corrected chi connectivity index (χ3v) is 5.44. The molecule has 0 aromatic heterocycles. The van der Waals surface area contributed by atoms with E-state index in [9.17, 15) is 13.2 Å². The second-order valence-electron chi connectivity index (χ2n) is 4.47. The number of hydrogen-bond donors (Lipinski definition) is 1. The first-order valence-electron chi connectivity index (χ1n) is 6.12. The highest BCUT2D eigenvalue weighted by Crippen LogP contribution is 2.28. The van der Waals surface area contributed by atoms with Crippen LogP contribution in [0, 0.1) is 0 Å². The molecule has 0 bridgehead atoms. The molecule has 20 heavy (non-hydrogen) atoms. The van der Waals surface area contributed by atoms with Gasteiger partial charge in [0.15, 0.2) is 0 Å². The molecule has 0 radical (unpaired) electrons. The van der Waals surface area contributed by atoms with Gasteiger partial charge in [0.05, 0.1) is 5.02 Å². The summed E-state index contributed by atoms with van der Waals surface area (Å²) >= 11 is 6.02. The minimum absolute atomic E-state index is 0.0635. The molecule has 1 aromatic carbocycles. The second kappa shape index (κ2) is 5.95. The molecular formula is C13H14ClNO4S. The Balaban J connectivity index is 2.32. The van der Waals surface area contributed by atoms with Crippen LogP contribution in [0.3, 0.4) is 0 Å². The van der Waals surface area contributed by atoms with Gasteiger partial charge >= 0.3 is 5.97 Å². The van der Waals surface area contributed by atoms with Gasteiger partial charge in [-0.3, -0.25) is 0 Å². The number of carboxylic acids is 1. The molecule has 1 aliphatic heterocycles. The van der Waals surface area contributed by atoms with Gasteiger partial charge in [-0.05, 0) is 36.6 Å². The van der Waals surface area contributed by atoms with Crippen LogP contribution in [-0.4, -0.2) is 36.9 Å².